The van der Waals surface area contributed by atoms with E-state index >= 15 is 0 Å². The summed E-state index contributed by atoms with van der Waals surface area (Å²) in [6, 6.07) is 6.23. The van der Waals surface area contributed by atoms with Gasteiger partial charge in [0.2, 0.25) is 0 Å². The summed E-state index contributed by atoms with van der Waals surface area (Å²) in [5.74, 6) is -0.512. The number of anilines is 1. The molecule has 0 unspecified atom stereocenters. The number of halogens is 2. The van der Waals surface area contributed by atoms with Crippen LogP contribution in [0.1, 0.15) is 10.4 Å². The number of aromatic nitrogens is 1. The van der Waals surface area contributed by atoms with Gasteiger partial charge >= 0.3 is 0 Å². The van der Waals surface area contributed by atoms with Crippen LogP contribution in [-0.2, 0) is 0 Å². The molecule has 1 heterocycles. The summed E-state index contributed by atoms with van der Waals surface area (Å²) in [6.07, 6.45) is 2.58. The third-order valence-electron chi connectivity index (χ3n) is 2.19. The van der Waals surface area contributed by atoms with E-state index in [1.807, 2.05) is 0 Å². The van der Waals surface area contributed by atoms with Crippen LogP contribution in [0.25, 0.3) is 0 Å². The zero-order valence-electron chi connectivity index (χ0n) is 9.02. The molecule has 18 heavy (non-hydrogen) atoms. The number of rotatable bonds is 2. The van der Waals surface area contributed by atoms with Crippen molar-refractivity contribution in [3.05, 3.63) is 52.3 Å². The first-order valence-electron chi connectivity index (χ1n) is 4.97. The zero-order valence-corrected chi connectivity index (χ0v) is 10.5. The van der Waals surface area contributed by atoms with Crippen molar-refractivity contribution < 1.29 is 9.90 Å². The van der Waals surface area contributed by atoms with Crippen LogP contribution in [-0.4, -0.2) is 16.0 Å². The van der Waals surface area contributed by atoms with Gasteiger partial charge in [0.05, 0.1) is 27.5 Å². The fraction of sp³-hybridized carbons (Fsp3) is 0. The van der Waals surface area contributed by atoms with Crippen molar-refractivity contribution in [1.82, 2.24) is 4.98 Å². The van der Waals surface area contributed by atoms with E-state index < -0.39 is 5.91 Å². The van der Waals surface area contributed by atoms with Crippen molar-refractivity contribution in [3.63, 3.8) is 0 Å². The van der Waals surface area contributed by atoms with E-state index in [1.54, 1.807) is 18.2 Å². The number of hydrogen-bond donors (Lipinski definition) is 2. The van der Waals surface area contributed by atoms with Gasteiger partial charge in [-0.2, -0.15) is 0 Å². The van der Waals surface area contributed by atoms with Gasteiger partial charge in [-0.05, 0) is 18.2 Å². The predicted octanol–water partition coefficient (Wildman–Crippen LogP) is 3.35. The molecule has 92 valence electrons. The number of pyridine rings is 1. The molecule has 6 heteroatoms. The number of amides is 1. The summed E-state index contributed by atoms with van der Waals surface area (Å²) >= 11 is 11.8. The molecule has 0 spiro atoms. The molecule has 0 fully saturated rings. The molecule has 4 nitrogen and oxygen atoms in total. The first kappa shape index (κ1) is 12.7. The van der Waals surface area contributed by atoms with Crippen LogP contribution in [0.4, 0.5) is 5.69 Å². The highest BCUT2D eigenvalue weighted by molar-refractivity contribution is 6.44. The molecule has 0 atom stereocenters. The number of carbonyl (C=O) groups excluding carboxylic acids is 1. The Bertz CT molecular complexity index is 602. The molecule has 1 aromatic carbocycles. The standard InChI is InChI=1S/C12H8Cl2N2O2/c13-9-2-1-3-10(11(9)14)16-12(18)7-4-8(17)6-15-5-7/h1-6,17H,(H,16,18). The van der Waals surface area contributed by atoms with Crippen molar-refractivity contribution in [2.75, 3.05) is 5.32 Å². The fourth-order valence-corrected chi connectivity index (χ4v) is 1.69. The Kier molecular flexibility index (Phi) is 3.69. The molecule has 2 N–H and O–H groups in total. The Balaban J connectivity index is 2.24. The van der Waals surface area contributed by atoms with Crippen LogP contribution in [0.3, 0.4) is 0 Å². The van der Waals surface area contributed by atoms with Gasteiger partial charge in [0.25, 0.3) is 5.91 Å². The molecule has 2 rings (SSSR count). The summed E-state index contributed by atoms with van der Waals surface area (Å²) < 4.78 is 0. The minimum atomic E-state index is -0.428. The molecule has 1 amide bonds. The van der Waals surface area contributed by atoms with E-state index in [9.17, 15) is 9.90 Å². The number of nitrogens with one attached hydrogen (secondary N) is 1. The highest BCUT2D eigenvalue weighted by atomic mass is 35.5. The number of hydrogen-bond acceptors (Lipinski definition) is 3. The van der Waals surface area contributed by atoms with E-state index in [1.165, 1.54) is 18.5 Å². The second kappa shape index (κ2) is 5.25. The highest BCUT2D eigenvalue weighted by Crippen LogP contribution is 2.29. The lowest BCUT2D eigenvalue weighted by Crippen LogP contribution is -2.12. The first-order chi connectivity index (χ1) is 8.58. The van der Waals surface area contributed by atoms with Crippen LogP contribution >= 0.6 is 23.2 Å². The molecule has 0 saturated carbocycles. The average Bonchev–Trinajstić information content (AvgIpc) is 2.35. The Labute approximate surface area is 113 Å². The summed E-state index contributed by atoms with van der Waals surface area (Å²) in [4.78, 5) is 15.6. The van der Waals surface area contributed by atoms with Gasteiger partial charge < -0.3 is 10.4 Å². The monoisotopic (exact) mass is 282 g/mol. The van der Waals surface area contributed by atoms with Crippen molar-refractivity contribution in [3.8, 4) is 5.75 Å². The minimum Gasteiger partial charge on any atom is -0.506 e. The Morgan fingerprint density at radius 2 is 2.06 bits per heavy atom. The second-order valence-corrected chi connectivity index (χ2v) is 4.27. The average molecular weight is 283 g/mol. The van der Waals surface area contributed by atoms with Crippen LogP contribution in [0.2, 0.25) is 10.0 Å². The number of benzene rings is 1. The van der Waals surface area contributed by atoms with Crippen molar-refractivity contribution >= 4 is 34.8 Å². The van der Waals surface area contributed by atoms with Gasteiger partial charge in [0, 0.05) is 6.20 Å². The van der Waals surface area contributed by atoms with Gasteiger partial charge in [0.1, 0.15) is 5.75 Å². The number of aromatic hydroxyl groups is 1. The molecule has 0 bridgehead atoms. The number of carbonyl (C=O) groups is 1. The van der Waals surface area contributed by atoms with E-state index in [4.69, 9.17) is 23.2 Å². The molecule has 1 aromatic heterocycles. The largest absolute Gasteiger partial charge is 0.506 e. The first-order valence-corrected chi connectivity index (χ1v) is 5.73. The van der Waals surface area contributed by atoms with E-state index in [0.29, 0.717) is 10.7 Å². The second-order valence-electron chi connectivity index (χ2n) is 3.49. The van der Waals surface area contributed by atoms with E-state index in [2.05, 4.69) is 10.3 Å². The zero-order chi connectivity index (χ0) is 13.1. The number of nitrogens with zero attached hydrogens (tertiary/aromatic N) is 1. The van der Waals surface area contributed by atoms with Crippen LogP contribution in [0.15, 0.2) is 36.7 Å². The smallest absolute Gasteiger partial charge is 0.257 e. The quantitative estimate of drug-likeness (QED) is 0.888. The molecule has 2 aromatic rings. The van der Waals surface area contributed by atoms with Gasteiger partial charge in [-0.25, -0.2) is 0 Å². The van der Waals surface area contributed by atoms with E-state index in [-0.39, 0.29) is 16.3 Å². The fourth-order valence-electron chi connectivity index (χ4n) is 1.35. The van der Waals surface area contributed by atoms with Gasteiger partial charge in [-0.1, -0.05) is 29.3 Å². The van der Waals surface area contributed by atoms with Crippen LogP contribution in [0, 0.1) is 0 Å². The summed E-state index contributed by atoms with van der Waals surface area (Å²) in [5.41, 5.74) is 0.628. The molecular weight excluding hydrogens is 275 g/mol. The Morgan fingerprint density at radius 3 is 2.78 bits per heavy atom. The Morgan fingerprint density at radius 1 is 1.28 bits per heavy atom. The highest BCUT2D eigenvalue weighted by Gasteiger charge is 2.10. The SMILES string of the molecule is O=C(Nc1cccc(Cl)c1Cl)c1cncc(O)c1. The van der Waals surface area contributed by atoms with Gasteiger partial charge in [0.15, 0.2) is 0 Å². The molecule has 0 aliphatic heterocycles. The summed E-state index contributed by atoms with van der Waals surface area (Å²) in [5, 5.41) is 12.4. The minimum absolute atomic E-state index is 0.0835. The summed E-state index contributed by atoms with van der Waals surface area (Å²) in [7, 11) is 0. The molecule has 0 aliphatic rings. The predicted molar refractivity (Wildman–Crippen MR) is 70.3 cm³/mol. The van der Waals surface area contributed by atoms with Crippen molar-refractivity contribution in [2.45, 2.75) is 0 Å². The summed E-state index contributed by atoms with van der Waals surface area (Å²) in [6.45, 7) is 0. The van der Waals surface area contributed by atoms with E-state index in [0.717, 1.165) is 0 Å². The van der Waals surface area contributed by atoms with Crippen molar-refractivity contribution in [2.24, 2.45) is 0 Å². The topological polar surface area (TPSA) is 62.2 Å². The maximum atomic E-state index is 11.9. The maximum absolute atomic E-state index is 11.9. The molecular formula is C12H8Cl2N2O2. The van der Waals surface area contributed by atoms with Crippen LogP contribution in [0.5, 0.6) is 5.75 Å². The van der Waals surface area contributed by atoms with Gasteiger partial charge in [-0.15, -0.1) is 0 Å². The lowest BCUT2D eigenvalue weighted by molar-refractivity contribution is 0.102. The molecule has 0 radical (unpaired) electrons. The van der Waals surface area contributed by atoms with Crippen molar-refractivity contribution in [1.29, 1.82) is 0 Å². The van der Waals surface area contributed by atoms with Crippen LogP contribution < -0.4 is 5.32 Å². The lowest BCUT2D eigenvalue weighted by atomic mass is 10.2. The maximum Gasteiger partial charge on any atom is 0.257 e. The molecule has 0 saturated heterocycles. The van der Waals surface area contributed by atoms with Gasteiger partial charge in [-0.3, -0.25) is 9.78 Å². The third kappa shape index (κ3) is 2.72. The third-order valence-corrected chi connectivity index (χ3v) is 3.00. The Hall–Kier alpha value is -1.78. The lowest BCUT2D eigenvalue weighted by Gasteiger charge is -2.08. The molecule has 0 aliphatic carbocycles. The normalized spacial score (nSPS) is 10.1.